The maximum atomic E-state index is 9.43. The molecule has 3 nitrogen and oxygen atoms in total. The molecule has 2 rings (SSSR count). The standard InChI is InChI=1S/C11H16N2O/c1-8-3-2-4-13(8)10-5-9(12)6-11(14)7-10/h5-8,14H,2-4,12H2,1H3/t8-/m0/s1. The van der Waals surface area contributed by atoms with Crippen LogP contribution in [0.1, 0.15) is 19.8 Å². The van der Waals surface area contributed by atoms with Gasteiger partial charge < -0.3 is 15.7 Å². The van der Waals surface area contributed by atoms with Crippen LogP contribution in [-0.4, -0.2) is 17.7 Å². The lowest BCUT2D eigenvalue weighted by Gasteiger charge is -2.24. The second-order valence-corrected chi connectivity index (χ2v) is 3.97. The minimum Gasteiger partial charge on any atom is -0.508 e. The van der Waals surface area contributed by atoms with E-state index in [4.69, 9.17) is 5.73 Å². The Bertz CT molecular complexity index is 318. The van der Waals surface area contributed by atoms with Crippen molar-refractivity contribution in [3.8, 4) is 5.75 Å². The Morgan fingerprint density at radius 3 is 2.79 bits per heavy atom. The zero-order chi connectivity index (χ0) is 10.1. The zero-order valence-corrected chi connectivity index (χ0v) is 8.40. The first-order valence-corrected chi connectivity index (χ1v) is 5.03. The summed E-state index contributed by atoms with van der Waals surface area (Å²) in [5.41, 5.74) is 7.34. The molecular formula is C11H16N2O. The summed E-state index contributed by atoms with van der Waals surface area (Å²) in [6, 6.07) is 5.82. The van der Waals surface area contributed by atoms with Crippen LogP contribution in [0.25, 0.3) is 0 Å². The molecule has 14 heavy (non-hydrogen) atoms. The molecule has 3 N–H and O–H groups in total. The molecule has 1 aromatic carbocycles. The fraction of sp³-hybridized carbons (Fsp3) is 0.455. The molecule has 0 aliphatic carbocycles. The van der Waals surface area contributed by atoms with Crippen molar-refractivity contribution in [3.63, 3.8) is 0 Å². The minimum absolute atomic E-state index is 0.249. The predicted octanol–water partition coefficient (Wildman–Crippen LogP) is 1.96. The van der Waals surface area contributed by atoms with Crippen molar-refractivity contribution in [2.75, 3.05) is 17.2 Å². The van der Waals surface area contributed by atoms with Gasteiger partial charge in [-0.05, 0) is 25.8 Å². The quantitative estimate of drug-likeness (QED) is 0.669. The number of nitrogen functional groups attached to an aromatic ring is 1. The van der Waals surface area contributed by atoms with Crippen LogP contribution in [0.2, 0.25) is 0 Å². The molecule has 1 heterocycles. The summed E-state index contributed by atoms with van der Waals surface area (Å²) in [6.45, 7) is 3.26. The van der Waals surface area contributed by atoms with E-state index in [1.165, 1.54) is 12.8 Å². The van der Waals surface area contributed by atoms with Gasteiger partial charge in [0.05, 0.1) is 0 Å². The van der Waals surface area contributed by atoms with Gasteiger partial charge in [-0.15, -0.1) is 0 Å². The molecule has 1 saturated heterocycles. The van der Waals surface area contributed by atoms with Gasteiger partial charge in [0.1, 0.15) is 5.75 Å². The highest BCUT2D eigenvalue weighted by molar-refractivity contribution is 5.61. The molecule has 0 bridgehead atoms. The van der Waals surface area contributed by atoms with E-state index in [0.717, 1.165) is 12.2 Å². The molecule has 0 amide bonds. The smallest absolute Gasteiger partial charge is 0.119 e. The summed E-state index contributed by atoms with van der Waals surface area (Å²) in [5, 5.41) is 9.43. The molecule has 0 saturated carbocycles. The Labute approximate surface area is 84.1 Å². The second kappa shape index (κ2) is 3.40. The topological polar surface area (TPSA) is 49.5 Å². The lowest BCUT2D eigenvalue weighted by Crippen LogP contribution is -2.26. The van der Waals surface area contributed by atoms with E-state index in [1.807, 2.05) is 6.07 Å². The summed E-state index contributed by atoms with van der Waals surface area (Å²) in [4.78, 5) is 2.29. The highest BCUT2D eigenvalue weighted by Gasteiger charge is 2.20. The van der Waals surface area contributed by atoms with Crippen LogP contribution in [0.15, 0.2) is 18.2 Å². The molecule has 1 fully saturated rings. The van der Waals surface area contributed by atoms with Crippen LogP contribution in [0.4, 0.5) is 11.4 Å². The maximum Gasteiger partial charge on any atom is 0.119 e. The molecule has 0 radical (unpaired) electrons. The van der Waals surface area contributed by atoms with E-state index >= 15 is 0 Å². The van der Waals surface area contributed by atoms with Crippen molar-refractivity contribution < 1.29 is 5.11 Å². The van der Waals surface area contributed by atoms with Crippen molar-refractivity contribution in [2.45, 2.75) is 25.8 Å². The molecule has 1 atom stereocenters. The fourth-order valence-electron chi connectivity index (χ4n) is 2.10. The number of phenolic OH excluding ortho intramolecular Hbond substituents is 1. The normalized spacial score (nSPS) is 21.5. The van der Waals surface area contributed by atoms with Crippen LogP contribution in [0.5, 0.6) is 5.75 Å². The van der Waals surface area contributed by atoms with Crippen molar-refractivity contribution in [1.82, 2.24) is 0 Å². The Morgan fingerprint density at radius 1 is 1.43 bits per heavy atom. The summed E-state index contributed by atoms with van der Waals surface area (Å²) in [6.07, 6.45) is 2.44. The van der Waals surface area contributed by atoms with Gasteiger partial charge in [0, 0.05) is 36.1 Å². The number of nitrogens with two attached hydrogens (primary N) is 1. The number of hydrogen-bond donors (Lipinski definition) is 2. The van der Waals surface area contributed by atoms with Gasteiger partial charge in [0.2, 0.25) is 0 Å². The Balaban J connectivity index is 2.31. The Kier molecular flexibility index (Phi) is 2.23. The monoisotopic (exact) mass is 192 g/mol. The van der Waals surface area contributed by atoms with Crippen LogP contribution in [-0.2, 0) is 0 Å². The number of aromatic hydroxyl groups is 1. The molecule has 1 aromatic rings. The van der Waals surface area contributed by atoms with E-state index in [2.05, 4.69) is 11.8 Å². The SMILES string of the molecule is C[C@H]1CCCN1c1cc(N)cc(O)c1. The number of hydrogen-bond acceptors (Lipinski definition) is 3. The second-order valence-electron chi connectivity index (χ2n) is 3.97. The van der Waals surface area contributed by atoms with Gasteiger partial charge in [-0.3, -0.25) is 0 Å². The number of phenols is 1. The summed E-state index contributed by atoms with van der Waals surface area (Å²) < 4.78 is 0. The van der Waals surface area contributed by atoms with Gasteiger partial charge in [-0.1, -0.05) is 0 Å². The fourth-order valence-corrected chi connectivity index (χ4v) is 2.10. The highest BCUT2D eigenvalue weighted by Crippen LogP contribution is 2.29. The van der Waals surface area contributed by atoms with E-state index in [9.17, 15) is 5.11 Å². The number of benzene rings is 1. The molecule has 1 aliphatic rings. The molecule has 0 unspecified atom stereocenters. The van der Waals surface area contributed by atoms with Gasteiger partial charge in [0.15, 0.2) is 0 Å². The zero-order valence-electron chi connectivity index (χ0n) is 8.40. The first-order valence-electron chi connectivity index (χ1n) is 5.03. The van der Waals surface area contributed by atoms with Crippen LogP contribution in [0, 0.1) is 0 Å². The molecule has 1 aliphatic heterocycles. The van der Waals surface area contributed by atoms with Crippen LogP contribution >= 0.6 is 0 Å². The third-order valence-electron chi connectivity index (χ3n) is 2.81. The molecule has 3 heteroatoms. The Hall–Kier alpha value is -1.38. The molecule has 76 valence electrons. The van der Waals surface area contributed by atoms with E-state index in [1.54, 1.807) is 12.1 Å². The summed E-state index contributed by atoms with van der Waals surface area (Å²) in [5.74, 6) is 0.249. The van der Waals surface area contributed by atoms with E-state index in [-0.39, 0.29) is 5.75 Å². The number of rotatable bonds is 1. The summed E-state index contributed by atoms with van der Waals surface area (Å²) >= 11 is 0. The highest BCUT2D eigenvalue weighted by atomic mass is 16.3. The predicted molar refractivity (Wildman–Crippen MR) is 58.6 cm³/mol. The maximum absolute atomic E-state index is 9.43. The van der Waals surface area contributed by atoms with E-state index < -0.39 is 0 Å². The molecule has 0 aromatic heterocycles. The van der Waals surface area contributed by atoms with Gasteiger partial charge in [0.25, 0.3) is 0 Å². The number of anilines is 2. The number of nitrogens with zero attached hydrogens (tertiary/aromatic N) is 1. The Morgan fingerprint density at radius 2 is 2.21 bits per heavy atom. The average molecular weight is 192 g/mol. The van der Waals surface area contributed by atoms with Gasteiger partial charge in [-0.2, -0.15) is 0 Å². The van der Waals surface area contributed by atoms with Crippen molar-refractivity contribution in [2.24, 2.45) is 0 Å². The third-order valence-corrected chi connectivity index (χ3v) is 2.81. The molecule has 0 spiro atoms. The minimum atomic E-state index is 0.249. The van der Waals surface area contributed by atoms with Crippen molar-refractivity contribution >= 4 is 11.4 Å². The first-order chi connectivity index (χ1) is 6.66. The summed E-state index contributed by atoms with van der Waals surface area (Å²) in [7, 11) is 0. The van der Waals surface area contributed by atoms with Gasteiger partial charge in [-0.25, -0.2) is 0 Å². The lowest BCUT2D eigenvalue weighted by molar-refractivity contribution is 0.475. The third kappa shape index (κ3) is 1.62. The average Bonchev–Trinajstić information content (AvgIpc) is 2.49. The largest absolute Gasteiger partial charge is 0.508 e. The van der Waals surface area contributed by atoms with Crippen LogP contribution in [0.3, 0.4) is 0 Å². The first kappa shape index (κ1) is 9.19. The van der Waals surface area contributed by atoms with Gasteiger partial charge >= 0.3 is 0 Å². The van der Waals surface area contributed by atoms with Crippen molar-refractivity contribution in [1.29, 1.82) is 0 Å². The molecular weight excluding hydrogens is 176 g/mol. The lowest BCUT2D eigenvalue weighted by atomic mass is 10.2. The van der Waals surface area contributed by atoms with Crippen molar-refractivity contribution in [3.05, 3.63) is 18.2 Å². The van der Waals surface area contributed by atoms with E-state index in [0.29, 0.717) is 11.7 Å². The van der Waals surface area contributed by atoms with Crippen LogP contribution < -0.4 is 10.6 Å².